The molecule has 84 valence electrons. The van der Waals surface area contributed by atoms with Crippen LogP contribution in [0, 0.1) is 0 Å². The molecule has 0 aliphatic carbocycles. The maximum absolute atomic E-state index is 11.6. The minimum atomic E-state index is 0.232. The first-order valence-corrected chi connectivity index (χ1v) is 5.86. The average Bonchev–Trinajstić information content (AvgIpc) is 2.30. The van der Waals surface area contributed by atoms with E-state index in [0.29, 0.717) is 12.5 Å². The summed E-state index contributed by atoms with van der Waals surface area (Å²) >= 11 is 0. The lowest BCUT2D eigenvalue weighted by Gasteiger charge is -2.24. The predicted octanol–water partition coefficient (Wildman–Crippen LogP) is 2.76. The number of carbonyl (C=O) groups excluding carboxylic acids is 1. The van der Waals surface area contributed by atoms with Crippen molar-refractivity contribution in [2.24, 2.45) is 0 Å². The zero-order valence-corrected chi connectivity index (χ0v) is 9.57. The molecule has 1 aromatic carbocycles. The number of ketones is 1. The van der Waals surface area contributed by atoms with E-state index in [1.54, 1.807) is 6.08 Å². The Bertz CT molecular complexity index is 394. The molecule has 1 heterocycles. The second-order valence-corrected chi connectivity index (χ2v) is 4.22. The lowest BCUT2D eigenvalue weighted by Crippen LogP contribution is -2.33. The molecule has 0 aromatic heterocycles. The summed E-state index contributed by atoms with van der Waals surface area (Å²) in [5.74, 6) is 0.232. The standard InChI is InChI=1S/C14H17NO/c1-2-6-12-9-13(16)10-14(15-12)11-7-4-3-5-8-11/h3-5,7-8,10,12,15H,2,6,9H2,1H3. The Labute approximate surface area is 96.4 Å². The van der Waals surface area contributed by atoms with Crippen LogP contribution in [-0.4, -0.2) is 11.8 Å². The smallest absolute Gasteiger partial charge is 0.159 e. The first-order chi connectivity index (χ1) is 7.79. The Morgan fingerprint density at radius 3 is 2.75 bits per heavy atom. The van der Waals surface area contributed by atoms with Crippen molar-refractivity contribution in [2.45, 2.75) is 32.2 Å². The van der Waals surface area contributed by atoms with E-state index < -0.39 is 0 Å². The number of hydrogen-bond donors (Lipinski definition) is 1. The lowest BCUT2D eigenvalue weighted by molar-refractivity contribution is -0.115. The van der Waals surface area contributed by atoms with E-state index in [2.05, 4.69) is 12.2 Å². The van der Waals surface area contributed by atoms with E-state index in [0.717, 1.165) is 24.1 Å². The van der Waals surface area contributed by atoms with E-state index in [4.69, 9.17) is 0 Å². The molecule has 0 fully saturated rings. The van der Waals surface area contributed by atoms with Gasteiger partial charge in [0.25, 0.3) is 0 Å². The van der Waals surface area contributed by atoms with Crippen LogP contribution in [0.2, 0.25) is 0 Å². The minimum absolute atomic E-state index is 0.232. The van der Waals surface area contributed by atoms with Crippen LogP contribution in [0.3, 0.4) is 0 Å². The molecule has 2 nitrogen and oxygen atoms in total. The molecule has 16 heavy (non-hydrogen) atoms. The van der Waals surface area contributed by atoms with Crippen molar-refractivity contribution < 1.29 is 4.79 Å². The first-order valence-electron chi connectivity index (χ1n) is 5.86. The highest BCUT2D eigenvalue weighted by Gasteiger charge is 2.19. The zero-order chi connectivity index (χ0) is 11.4. The highest BCUT2D eigenvalue weighted by Crippen LogP contribution is 2.19. The molecule has 0 radical (unpaired) electrons. The summed E-state index contributed by atoms with van der Waals surface area (Å²) in [5, 5.41) is 3.44. The predicted molar refractivity (Wildman–Crippen MR) is 65.9 cm³/mol. The summed E-state index contributed by atoms with van der Waals surface area (Å²) in [4.78, 5) is 11.6. The molecule has 0 amide bonds. The molecule has 1 N–H and O–H groups in total. The van der Waals surface area contributed by atoms with Crippen LogP contribution in [0.15, 0.2) is 36.4 Å². The third-order valence-corrected chi connectivity index (χ3v) is 2.83. The van der Waals surface area contributed by atoms with Gasteiger partial charge in [-0.15, -0.1) is 0 Å². The van der Waals surface area contributed by atoms with Crippen LogP contribution in [0.1, 0.15) is 31.7 Å². The molecular formula is C14H17NO. The monoisotopic (exact) mass is 215 g/mol. The highest BCUT2D eigenvalue weighted by atomic mass is 16.1. The summed E-state index contributed by atoms with van der Waals surface area (Å²) in [6.45, 7) is 2.15. The number of carbonyl (C=O) groups is 1. The molecule has 1 aliphatic rings. The number of nitrogens with one attached hydrogen (secondary N) is 1. The molecule has 0 saturated heterocycles. The molecule has 1 unspecified atom stereocenters. The molecule has 0 saturated carbocycles. The van der Waals surface area contributed by atoms with Crippen molar-refractivity contribution in [1.82, 2.24) is 5.32 Å². The van der Waals surface area contributed by atoms with E-state index in [1.807, 2.05) is 30.3 Å². The van der Waals surface area contributed by atoms with Gasteiger partial charge in [0, 0.05) is 24.2 Å². The van der Waals surface area contributed by atoms with Crippen LogP contribution >= 0.6 is 0 Å². The first kappa shape index (κ1) is 10.9. The van der Waals surface area contributed by atoms with Crippen LogP contribution in [0.25, 0.3) is 5.70 Å². The maximum atomic E-state index is 11.6. The quantitative estimate of drug-likeness (QED) is 0.840. The summed E-state index contributed by atoms with van der Waals surface area (Å²) in [5.41, 5.74) is 2.06. The van der Waals surface area contributed by atoms with Gasteiger partial charge in [-0.3, -0.25) is 4.79 Å². The van der Waals surface area contributed by atoms with Gasteiger partial charge in [-0.1, -0.05) is 43.7 Å². The Balaban J connectivity index is 2.18. The number of allylic oxidation sites excluding steroid dienone is 1. The topological polar surface area (TPSA) is 29.1 Å². The number of hydrogen-bond acceptors (Lipinski definition) is 2. The number of benzene rings is 1. The third kappa shape index (κ3) is 2.51. The number of rotatable bonds is 3. The highest BCUT2D eigenvalue weighted by molar-refractivity contribution is 5.98. The van der Waals surface area contributed by atoms with Crippen molar-refractivity contribution in [3.8, 4) is 0 Å². The van der Waals surface area contributed by atoms with Crippen molar-refractivity contribution >= 4 is 11.5 Å². The van der Waals surface area contributed by atoms with Crippen LogP contribution < -0.4 is 5.32 Å². The van der Waals surface area contributed by atoms with Gasteiger partial charge >= 0.3 is 0 Å². The maximum Gasteiger partial charge on any atom is 0.159 e. The van der Waals surface area contributed by atoms with E-state index in [-0.39, 0.29) is 5.78 Å². The van der Waals surface area contributed by atoms with Gasteiger partial charge in [-0.05, 0) is 12.0 Å². The summed E-state index contributed by atoms with van der Waals surface area (Å²) in [6.07, 6.45) is 4.51. The molecule has 1 atom stereocenters. The van der Waals surface area contributed by atoms with Crippen LogP contribution in [0.4, 0.5) is 0 Å². The second kappa shape index (κ2) is 4.97. The molecular weight excluding hydrogens is 198 g/mol. The van der Waals surface area contributed by atoms with Crippen molar-refractivity contribution in [1.29, 1.82) is 0 Å². The normalized spacial score (nSPS) is 20.2. The molecule has 1 aliphatic heterocycles. The van der Waals surface area contributed by atoms with Crippen molar-refractivity contribution in [2.75, 3.05) is 0 Å². The van der Waals surface area contributed by atoms with Gasteiger partial charge < -0.3 is 5.32 Å². The second-order valence-electron chi connectivity index (χ2n) is 4.22. The molecule has 0 bridgehead atoms. The van der Waals surface area contributed by atoms with Gasteiger partial charge in [0.1, 0.15) is 0 Å². The van der Waals surface area contributed by atoms with Gasteiger partial charge in [-0.25, -0.2) is 0 Å². The largest absolute Gasteiger partial charge is 0.381 e. The van der Waals surface area contributed by atoms with E-state index in [1.165, 1.54) is 0 Å². The van der Waals surface area contributed by atoms with Gasteiger partial charge in [-0.2, -0.15) is 0 Å². The van der Waals surface area contributed by atoms with E-state index >= 15 is 0 Å². The van der Waals surface area contributed by atoms with Crippen molar-refractivity contribution in [3.63, 3.8) is 0 Å². The fourth-order valence-electron chi connectivity index (χ4n) is 2.08. The van der Waals surface area contributed by atoms with Crippen LogP contribution in [0.5, 0.6) is 0 Å². The van der Waals surface area contributed by atoms with Gasteiger partial charge in [0.15, 0.2) is 5.78 Å². The molecule has 2 heteroatoms. The Kier molecular flexibility index (Phi) is 3.40. The zero-order valence-electron chi connectivity index (χ0n) is 9.57. The molecule has 2 rings (SSSR count). The van der Waals surface area contributed by atoms with Crippen LogP contribution in [-0.2, 0) is 4.79 Å². The van der Waals surface area contributed by atoms with E-state index in [9.17, 15) is 4.79 Å². The minimum Gasteiger partial charge on any atom is -0.381 e. The Morgan fingerprint density at radius 1 is 1.31 bits per heavy atom. The molecule has 1 aromatic rings. The van der Waals surface area contributed by atoms with Gasteiger partial charge in [0.05, 0.1) is 0 Å². The SMILES string of the molecule is CCCC1CC(=O)C=C(c2ccccc2)N1. The molecule has 0 spiro atoms. The summed E-state index contributed by atoms with van der Waals surface area (Å²) in [6, 6.07) is 10.3. The fourth-order valence-corrected chi connectivity index (χ4v) is 2.08. The third-order valence-electron chi connectivity index (χ3n) is 2.83. The van der Waals surface area contributed by atoms with Crippen molar-refractivity contribution in [3.05, 3.63) is 42.0 Å². The summed E-state index contributed by atoms with van der Waals surface area (Å²) < 4.78 is 0. The fraction of sp³-hybridized carbons (Fsp3) is 0.357. The Morgan fingerprint density at radius 2 is 2.06 bits per heavy atom. The summed E-state index contributed by atoms with van der Waals surface area (Å²) in [7, 11) is 0. The average molecular weight is 215 g/mol. The lowest BCUT2D eigenvalue weighted by atomic mass is 9.98. The van der Waals surface area contributed by atoms with Gasteiger partial charge in [0.2, 0.25) is 0 Å². The Hall–Kier alpha value is -1.57.